The van der Waals surface area contributed by atoms with Gasteiger partial charge in [0.25, 0.3) is 0 Å². The molecule has 0 fully saturated rings. The molecule has 2 aliphatic carbocycles. The van der Waals surface area contributed by atoms with E-state index in [0.29, 0.717) is 106 Å². The predicted molar refractivity (Wildman–Crippen MR) is 592 cm³/mol. The van der Waals surface area contributed by atoms with Gasteiger partial charge in [-0.15, -0.1) is 0 Å². The van der Waals surface area contributed by atoms with E-state index in [4.69, 9.17) is 4.74 Å². The first-order chi connectivity index (χ1) is 61.8. The molecule has 15 rings (SSSR count). The van der Waals surface area contributed by atoms with Gasteiger partial charge < -0.3 is 19.4 Å². The highest BCUT2D eigenvalue weighted by atomic mass is 16.5. The van der Waals surface area contributed by atoms with Crippen LogP contribution in [-0.4, -0.2) is 32.8 Å². The normalized spacial score (nSPS) is 13.6. The summed E-state index contributed by atoms with van der Waals surface area (Å²) in [5, 5.41) is 0. The predicted octanol–water partition coefficient (Wildman–Crippen LogP) is 27.3. The van der Waals surface area contributed by atoms with Crippen molar-refractivity contribution in [2.75, 3.05) is 47.5 Å². The number of ether oxygens (including phenoxy) is 1. The fourth-order valence-corrected chi connectivity index (χ4v) is 17.5. The van der Waals surface area contributed by atoms with E-state index in [1.54, 1.807) is 34.6 Å². The maximum atomic E-state index is 11.9. The second-order valence-corrected chi connectivity index (χ2v) is 34.1. The van der Waals surface area contributed by atoms with Crippen molar-refractivity contribution < 1.29 is 4.74 Å². The lowest BCUT2D eigenvalue weighted by Crippen LogP contribution is -2.43. The van der Waals surface area contributed by atoms with Gasteiger partial charge in [0.2, 0.25) is 54.3 Å². The first kappa shape index (κ1) is 133. The maximum absolute atomic E-state index is 11.9. The van der Waals surface area contributed by atoms with Gasteiger partial charge in [0.1, 0.15) is 12.4 Å². The van der Waals surface area contributed by atoms with Gasteiger partial charge in [-0.05, 0) is 257 Å². The molecular weight excluding hydrogens is 1660 g/mol. The first-order valence-corrected chi connectivity index (χ1v) is 50.3. The molecule has 3 aliphatic heterocycles. The fraction of sp³-hybridized carbons (Fsp3) is 0.583. The molecule has 0 amide bonds. The lowest BCUT2D eigenvalue weighted by molar-refractivity contribution is 0.331. The van der Waals surface area contributed by atoms with E-state index in [9.17, 15) is 47.9 Å². The van der Waals surface area contributed by atoms with Crippen LogP contribution in [0.4, 0.5) is 17.1 Å². The van der Waals surface area contributed by atoms with Crippen LogP contribution in [0.3, 0.4) is 0 Å². The van der Waals surface area contributed by atoms with Crippen molar-refractivity contribution in [3.63, 3.8) is 0 Å². The number of hydrogen-bond acceptors (Lipinski definition) is 14. The van der Waals surface area contributed by atoms with Crippen molar-refractivity contribution in [1.82, 2.24) is 0 Å². The number of anilines is 3. The smallest absolute Gasteiger partial charge is 0.249 e. The maximum Gasteiger partial charge on any atom is 0.249 e. The third-order valence-electron chi connectivity index (χ3n) is 23.2. The monoisotopic (exact) mass is 1850 g/mol. The Hall–Kier alpha value is -9.30. The summed E-state index contributed by atoms with van der Waals surface area (Å²) < 4.78 is 5.79. The molecule has 0 spiro atoms. The molecule has 10 aromatic carbocycles. The SMILES string of the molecule is C.C.C.C.C.CC.CC.CC.CC.CC.CC.CC.CC.CC.CC.Cc1c(CC2CCCc3ccc(CC(C)C)cc32)c(=O)c1=O.Cc1c(CC2CCc3ccc(CC(C)C)cc32)c(=O)c1=O.Cc1c(N2CCCc3ccc(CC(C)C)cc3C2)c(=O)c1=O.Cc1c(N2CCOc3ccc(CC(C)C)cc3C2)c(=O)c1=O.Cc1c(N2CCc3ccc(CC(C)C)cc3CC2)c(=O)c1=O. The molecule has 0 radical (unpaired) electrons. The van der Waals surface area contributed by atoms with Gasteiger partial charge in [0.15, 0.2) is 0 Å². The Kier molecular flexibility index (Phi) is 68.2. The molecule has 134 heavy (non-hydrogen) atoms. The van der Waals surface area contributed by atoms with Crippen LogP contribution in [0.1, 0.15) is 399 Å². The third kappa shape index (κ3) is 36.0. The molecule has 10 aromatic rings. The minimum Gasteiger partial charge on any atom is -0.491 e. The molecule has 3 heterocycles. The van der Waals surface area contributed by atoms with Crippen LogP contribution in [0, 0.1) is 64.2 Å². The van der Waals surface area contributed by atoms with Crippen LogP contribution in [0.15, 0.2) is 139 Å². The number of aryl methyl sites for hydroxylation is 3. The summed E-state index contributed by atoms with van der Waals surface area (Å²) in [5.41, 5.74) is 22.7. The Morgan fingerprint density at radius 1 is 0.276 bits per heavy atom. The number of benzene rings is 5. The van der Waals surface area contributed by atoms with Gasteiger partial charge in [-0.3, -0.25) is 47.9 Å². The summed E-state index contributed by atoms with van der Waals surface area (Å²) in [7, 11) is 0. The Morgan fingerprint density at radius 3 is 0.940 bits per heavy atom. The summed E-state index contributed by atoms with van der Waals surface area (Å²) in [6.45, 7) is 76.1. The van der Waals surface area contributed by atoms with E-state index in [-0.39, 0.29) is 91.4 Å². The van der Waals surface area contributed by atoms with Crippen LogP contribution < -0.4 is 73.7 Å². The number of hydrogen-bond donors (Lipinski definition) is 0. The molecule has 5 aliphatic rings. The Balaban J connectivity index is -0.000000489. The van der Waals surface area contributed by atoms with Gasteiger partial charge in [-0.2, -0.15) is 0 Å². The second kappa shape index (κ2) is 68.7. The minimum atomic E-state index is -0.362. The highest BCUT2D eigenvalue weighted by molar-refractivity contribution is 5.61. The van der Waals surface area contributed by atoms with Crippen LogP contribution >= 0.6 is 0 Å². The molecule has 2 atom stereocenters. The lowest BCUT2D eigenvalue weighted by atomic mass is 9.77. The molecule has 0 N–H and O–H groups in total. The zero-order valence-corrected chi connectivity index (χ0v) is 87.3. The molecular formula is C120H193N3O11. The average molecular weight is 1850 g/mol. The highest BCUT2D eigenvalue weighted by Crippen LogP contribution is 2.39. The first-order valence-electron chi connectivity index (χ1n) is 50.3. The third-order valence-corrected chi connectivity index (χ3v) is 23.2. The summed E-state index contributed by atoms with van der Waals surface area (Å²) in [5.74, 6) is 4.88. The number of fused-ring (bicyclic) bond motifs is 5. The molecule has 754 valence electrons. The number of rotatable bonds is 17. The second-order valence-electron chi connectivity index (χ2n) is 34.1. The van der Waals surface area contributed by atoms with Gasteiger partial charge in [0.05, 0.1) is 23.6 Å². The molecule has 2 unspecified atom stereocenters. The van der Waals surface area contributed by atoms with E-state index in [0.717, 1.165) is 145 Å². The zero-order chi connectivity index (χ0) is 98.6. The standard InChI is InChI=1S/C20H24O2.2C19H23NO2.C19H22O2.C18H21NO3.10C2H6.5CH4/c1-12(2)9-14-7-8-15-5-4-6-16(18(15)10-14)11-17-13(3)19(21)20(17)22;1-12(2)10-14-4-5-15-6-8-20(9-7-16(15)11-14)17-13(3)18(21)19(17)22;1-12(2)9-14-6-7-15-5-4-8-20(11-16(15)10-14)17-13(3)18(21)19(17)22;1-11(2)8-13-4-5-14-6-7-15(17(14)9-13)10-16-12(3)18(20)19(16)21;1-11(2)8-13-4-5-15-14(9-13)10-19(6-7-22-15)16-12(3)17(20)18(16)21;10*1-2;;;;;/h7-8,10,12,16H,4-6,9,11H2,1-3H3;4-5,11-12H,6-10H2,1-3H3;6-7,10,12H,4-5,8-9,11H2,1-3H3;4-5,9,11,15H,6-8,10H2,1-3H3;4-5,9,11H,6-8,10H2,1-3H3;10*1-2H3;5*1H4. The van der Waals surface area contributed by atoms with Crippen LogP contribution in [0.2, 0.25) is 0 Å². The van der Waals surface area contributed by atoms with E-state index in [1.165, 1.54) is 78.7 Å². The number of nitrogens with zero attached hydrogens (tertiary/aromatic N) is 3. The van der Waals surface area contributed by atoms with Crippen molar-refractivity contribution in [1.29, 1.82) is 0 Å². The van der Waals surface area contributed by atoms with E-state index >= 15 is 0 Å². The molecule has 0 saturated heterocycles. The molecule has 0 aromatic heterocycles. The van der Waals surface area contributed by atoms with Crippen LogP contribution in [0.5, 0.6) is 5.75 Å². The van der Waals surface area contributed by atoms with Crippen molar-refractivity contribution >= 4 is 17.1 Å². The van der Waals surface area contributed by atoms with Gasteiger partial charge in [0, 0.05) is 77.2 Å². The van der Waals surface area contributed by atoms with Gasteiger partial charge in [-0.25, -0.2) is 0 Å². The largest absolute Gasteiger partial charge is 0.491 e. The van der Waals surface area contributed by atoms with Crippen molar-refractivity contribution in [3.8, 4) is 5.75 Å². The average Bonchev–Trinajstić information content (AvgIpc) is 0.984. The van der Waals surface area contributed by atoms with Crippen molar-refractivity contribution in [2.45, 2.75) is 407 Å². The van der Waals surface area contributed by atoms with Crippen molar-refractivity contribution in [2.24, 2.45) is 29.6 Å². The zero-order valence-electron chi connectivity index (χ0n) is 87.3. The summed E-state index contributed by atoms with van der Waals surface area (Å²) in [6, 6.07) is 33.5. The Labute approximate surface area is 816 Å². The highest BCUT2D eigenvalue weighted by Gasteiger charge is 2.32. The Morgan fingerprint density at radius 2 is 0.567 bits per heavy atom. The quantitative estimate of drug-likeness (QED) is 0.0783. The van der Waals surface area contributed by atoms with Gasteiger partial charge in [-0.1, -0.05) is 330 Å². The molecule has 0 bridgehead atoms. The van der Waals surface area contributed by atoms with Crippen molar-refractivity contribution in [3.05, 3.63) is 310 Å². The molecule has 14 heteroatoms. The van der Waals surface area contributed by atoms with Gasteiger partial charge >= 0.3 is 0 Å². The lowest BCUT2D eigenvalue weighted by Gasteiger charge is -2.27. The molecule has 14 nitrogen and oxygen atoms in total. The Bertz CT molecular complexity index is 5220. The van der Waals surface area contributed by atoms with E-state index in [2.05, 4.69) is 164 Å². The summed E-state index contributed by atoms with van der Waals surface area (Å²) in [4.78, 5) is 122. The van der Waals surface area contributed by atoms with E-state index in [1.807, 2.05) is 149 Å². The van der Waals surface area contributed by atoms with Crippen LogP contribution in [0.25, 0.3) is 0 Å². The fourth-order valence-electron chi connectivity index (χ4n) is 17.5. The van der Waals surface area contributed by atoms with Crippen LogP contribution in [-0.2, 0) is 90.1 Å². The van der Waals surface area contributed by atoms with E-state index < -0.39 is 0 Å². The topological polar surface area (TPSA) is 190 Å². The molecule has 0 saturated carbocycles. The minimum absolute atomic E-state index is 0. The summed E-state index contributed by atoms with van der Waals surface area (Å²) >= 11 is 0. The summed E-state index contributed by atoms with van der Waals surface area (Å²) in [6.07, 6.45) is 16.5.